The van der Waals surface area contributed by atoms with Crippen LogP contribution in [0.1, 0.15) is 24.8 Å². The zero-order chi connectivity index (χ0) is 13.2. The zero-order valence-corrected chi connectivity index (χ0v) is 10.6. The molecule has 4 nitrogen and oxygen atoms in total. The molecule has 2 aromatic rings. The summed E-state index contributed by atoms with van der Waals surface area (Å²) in [5.41, 5.74) is 2.15. The summed E-state index contributed by atoms with van der Waals surface area (Å²) in [6.07, 6.45) is 5.47. The van der Waals surface area contributed by atoms with Gasteiger partial charge in [-0.15, -0.1) is 0 Å². The van der Waals surface area contributed by atoms with E-state index in [1.54, 1.807) is 23.0 Å². The number of hydrogen-bond acceptors (Lipinski definition) is 2. The molecule has 19 heavy (non-hydrogen) atoms. The third-order valence-corrected chi connectivity index (χ3v) is 3.83. The number of benzene rings is 1. The topological polar surface area (TPSA) is 61.6 Å². The van der Waals surface area contributed by atoms with Crippen LogP contribution < -0.4 is 5.56 Å². The van der Waals surface area contributed by atoms with Crippen molar-refractivity contribution in [2.45, 2.75) is 25.8 Å². The first-order chi connectivity index (χ1) is 9.28. The number of aromatic amines is 1. The third kappa shape index (κ3) is 2.19. The molecule has 1 heterocycles. The molecule has 96 valence electrons. The van der Waals surface area contributed by atoms with E-state index in [9.17, 15) is 4.79 Å². The van der Waals surface area contributed by atoms with Crippen LogP contribution in [0, 0.1) is 17.2 Å². The van der Waals surface area contributed by atoms with Crippen LogP contribution in [0.15, 0.2) is 35.3 Å². The molecule has 0 bridgehead atoms. The van der Waals surface area contributed by atoms with Gasteiger partial charge in [0.1, 0.15) is 0 Å². The number of H-pyrrole nitrogens is 1. The Hall–Kier alpha value is -2.28. The fourth-order valence-corrected chi connectivity index (χ4v) is 2.41. The summed E-state index contributed by atoms with van der Waals surface area (Å²) in [4.78, 5) is 12.3. The number of nitrogens with one attached hydrogen (secondary N) is 1. The Kier molecular flexibility index (Phi) is 2.96. The van der Waals surface area contributed by atoms with Gasteiger partial charge in [-0.25, -0.2) is 0 Å². The number of nitrogens with zero attached hydrogens (tertiary/aromatic N) is 2. The van der Waals surface area contributed by atoms with Gasteiger partial charge in [0.25, 0.3) is 5.56 Å². The molecule has 0 spiro atoms. The predicted octanol–water partition coefficient (Wildman–Crippen LogP) is 2.52. The Morgan fingerprint density at radius 1 is 1.32 bits per heavy atom. The molecule has 0 radical (unpaired) electrons. The molecular formula is C15H15N3O. The average Bonchev–Trinajstić information content (AvgIpc) is 2.75. The smallest absolute Gasteiger partial charge is 0.274 e. The number of hydrogen-bond donors (Lipinski definition) is 1. The van der Waals surface area contributed by atoms with Gasteiger partial charge in [0.15, 0.2) is 0 Å². The molecular weight excluding hydrogens is 238 g/mol. The Balaban J connectivity index is 1.88. The molecule has 0 saturated heterocycles. The number of nitriles is 1. The van der Waals surface area contributed by atoms with E-state index in [1.165, 1.54) is 19.3 Å². The summed E-state index contributed by atoms with van der Waals surface area (Å²) in [6.45, 7) is 0.787. The molecule has 1 saturated carbocycles. The third-order valence-electron chi connectivity index (χ3n) is 3.83. The first-order valence-electron chi connectivity index (χ1n) is 6.56. The molecule has 1 aromatic heterocycles. The summed E-state index contributed by atoms with van der Waals surface area (Å²) in [7, 11) is 0. The molecule has 1 aliphatic carbocycles. The summed E-state index contributed by atoms with van der Waals surface area (Å²) in [5.74, 6) is 0.644. The first kappa shape index (κ1) is 11.8. The van der Waals surface area contributed by atoms with Crippen LogP contribution in [0.2, 0.25) is 0 Å². The SMILES string of the molecule is N#Cc1ccc(-c2c[nH]n(CC3CCC3)c2=O)cc1. The minimum atomic E-state index is 0.0246. The van der Waals surface area contributed by atoms with Gasteiger partial charge in [-0.05, 0) is 36.5 Å². The largest absolute Gasteiger partial charge is 0.302 e. The van der Waals surface area contributed by atoms with Crippen molar-refractivity contribution < 1.29 is 0 Å². The predicted molar refractivity (Wildman–Crippen MR) is 72.5 cm³/mol. The lowest BCUT2D eigenvalue weighted by atomic mass is 9.85. The highest BCUT2D eigenvalue weighted by molar-refractivity contribution is 5.62. The molecule has 4 heteroatoms. The number of aromatic nitrogens is 2. The van der Waals surface area contributed by atoms with E-state index >= 15 is 0 Å². The molecule has 0 aliphatic heterocycles. The van der Waals surface area contributed by atoms with Crippen LogP contribution in [0.25, 0.3) is 11.1 Å². The van der Waals surface area contributed by atoms with E-state index in [-0.39, 0.29) is 5.56 Å². The van der Waals surface area contributed by atoms with E-state index in [0.717, 1.165) is 12.1 Å². The molecule has 0 amide bonds. The minimum Gasteiger partial charge on any atom is -0.302 e. The standard InChI is InChI=1S/C15H15N3O/c16-8-11-4-6-13(7-5-11)14-9-17-18(15(14)19)10-12-2-1-3-12/h4-7,9,12,17H,1-3,10H2. The molecule has 1 N–H and O–H groups in total. The monoisotopic (exact) mass is 253 g/mol. The lowest BCUT2D eigenvalue weighted by Gasteiger charge is -2.24. The van der Waals surface area contributed by atoms with Gasteiger partial charge in [0, 0.05) is 12.7 Å². The highest BCUT2D eigenvalue weighted by atomic mass is 16.1. The van der Waals surface area contributed by atoms with Crippen molar-refractivity contribution in [3.63, 3.8) is 0 Å². The fraction of sp³-hybridized carbons (Fsp3) is 0.333. The maximum Gasteiger partial charge on any atom is 0.274 e. The van der Waals surface area contributed by atoms with Crippen molar-refractivity contribution in [1.29, 1.82) is 5.26 Å². The fourth-order valence-electron chi connectivity index (χ4n) is 2.41. The Morgan fingerprint density at radius 3 is 2.63 bits per heavy atom. The molecule has 0 unspecified atom stereocenters. The molecule has 0 atom stereocenters. The lowest BCUT2D eigenvalue weighted by molar-refractivity contribution is 0.264. The van der Waals surface area contributed by atoms with Crippen molar-refractivity contribution in [1.82, 2.24) is 9.78 Å². The van der Waals surface area contributed by atoms with Crippen molar-refractivity contribution in [2.24, 2.45) is 5.92 Å². The van der Waals surface area contributed by atoms with Gasteiger partial charge in [-0.2, -0.15) is 5.26 Å². The van der Waals surface area contributed by atoms with Gasteiger partial charge in [-0.1, -0.05) is 18.6 Å². The van der Waals surface area contributed by atoms with Crippen LogP contribution in [-0.2, 0) is 6.54 Å². The number of rotatable bonds is 3. The highest BCUT2D eigenvalue weighted by Gasteiger charge is 2.19. The maximum absolute atomic E-state index is 12.3. The van der Waals surface area contributed by atoms with Crippen LogP contribution >= 0.6 is 0 Å². The lowest BCUT2D eigenvalue weighted by Crippen LogP contribution is -2.26. The van der Waals surface area contributed by atoms with Crippen LogP contribution in [0.3, 0.4) is 0 Å². The van der Waals surface area contributed by atoms with Crippen molar-refractivity contribution in [3.05, 3.63) is 46.4 Å². The van der Waals surface area contributed by atoms with Gasteiger partial charge < -0.3 is 5.10 Å². The quantitative estimate of drug-likeness (QED) is 0.913. The van der Waals surface area contributed by atoms with Gasteiger partial charge in [0.05, 0.1) is 17.2 Å². The first-order valence-corrected chi connectivity index (χ1v) is 6.56. The Labute approximate surface area is 111 Å². The van der Waals surface area contributed by atoms with Crippen molar-refractivity contribution >= 4 is 0 Å². The van der Waals surface area contributed by atoms with Crippen LogP contribution in [0.4, 0.5) is 0 Å². The van der Waals surface area contributed by atoms with E-state index in [1.807, 2.05) is 12.1 Å². The Bertz CT molecular complexity index is 669. The van der Waals surface area contributed by atoms with Gasteiger partial charge in [0.2, 0.25) is 0 Å². The van der Waals surface area contributed by atoms with Crippen LogP contribution in [0.5, 0.6) is 0 Å². The average molecular weight is 253 g/mol. The van der Waals surface area contributed by atoms with E-state index in [4.69, 9.17) is 5.26 Å². The van der Waals surface area contributed by atoms with Gasteiger partial charge >= 0.3 is 0 Å². The Morgan fingerprint density at radius 2 is 2.05 bits per heavy atom. The summed E-state index contributed by atoms with van der Waals surface area (Å²) in [5, 5.41) is 11.8. The van der Waals surface area contributed by atoms with Crippen LogP contribution in [-0.4, -0.2) is 9.78 Å². The highest BCUT2D eigenvalue weighted by Crippen LogP contribution is 2.27. The maximum atomic E-state index is 12.3. The van der Waals surface area contributed by atoms with Crippen molar-refractivity contribution in [2.75, 3.05) is 0 Å². The van der Waals surface area contributed by atoms with E-state index < -0.39 is 0 Å². The molecule has 1 aliphatic rings. The van der Waals surface area contributed by atoms with E-state index in [0.29, 0.717) is 17.0 Å². The normalized spacial score (nSPS) is 14.9. The minimum absolute atomic E-state index is 0.0246. The van der Waals surface area contributed by atoms with E-state index in [2.05, 4.69) is 11.2 Å². The van der Waals surface area contributed by atoms with Gasteiger partial charge in [-0.3, -0.25) is 9.48 Å². The zero-order valence-electron chi connectivity index (χ0n) is 10.6. The summed E-state index contributed by atoms with van der Waals surface area (Å²) >= 11 is 0. The molecule has 3 rings (SSSR count). The van der Waals surface area contributed by atoms with Crippen molar-refractivity contribution in [3.8, 4) is 17.2 Å². The molecule has 1 fully saturated rings. The molecule has 1 aromatic carbocycles. The second-order valence-electron chi connectivity index (χ2n) is 5.09. The summed E-state index contributed by atoms with van der Waals surface area (Å²) in [6, 6.07) is 9.18. The second kappa shape index (κ2) is 4.77. The summed E-state index contributed by atoms with van der Waals surface area (Å²) < 4.78 is 1.69. The second-order valence-corrected chi connectivity index (χ2v) is 5.09.